The molecule has 23 heavy (non-hydrogen) atoms. The summed E-state index contributed by atoms with van der Waals surface area (Å²) in [6, 6.07) is 14.7. The maximum Gasteiger partial charge on any atom is 0.136 e. The number of piperidine rings is 1. The van der Waals surface area contributed by atoms with Crippen LogP contribution in [-0.4, -0.2) is 30.8 Å². The van der Waals surface area contributed by atoms with Gasteiger partial charge in [-0.15, -0.1) is 0 Å². The average Bonchev–Trinajstić information content (AvgIpc) is 3.02. The Balaban J connectivity index is 1.49. The fraction of sp³-hybridized carbons (Fsp3) is 0.474. The van der Waals surface area contributed by atoms with Crippen molar-refractivity contribution in [3.8, 4) is 0 Å². The summed E-state index contributed by atoms with van der Waals surface area (Å²) in [5.41, 5.74) is 0.328. The molecule has 1 aliphatic heterocycles. The Bertz CT molecular complexity index is 613. The zero-order valence-corrected chi connectivity index (χ0v) is 14.0. The Hall–Kier alpha value is -1.78. The molecule has 0 spiro atoms. The predicted molar refractivity (Wildman–Crippen MR) is 92.7 cm³/mol. The summed E-state index contributed by atoms with van der Waals surface area (Å²) in [4.78, 5) is 2.42. The van der Waals surface area contributed by atoms with Gasteiger partial charge in [-0.1, -0.05) is 18.2 Å². The second-order valence-corrected chi connectivity index (χ2v) is 6.66. The summed E-state index contributed by atoms with van der Waals surface area (Å²) in [5, 5.41) is 14.1. The SMILES string of the molecule is Cc1ccc(C(C)(O)CNC2CCN(c3ccccc3)CC2)o1. The number of aryl methyl sites for hydroxylation is 1. The van der Waals surface area contributed by atoms with Gasteiger partial charge in [0.2, 0.25) is 0 Å². The Morgan fingerprint density at radius 3 is 2.48 bits per heavy atom. The van der Waals surface area contributed by atoms with E-state index < -0.39 is 5.60 Å². The first-order chi connectivity index (χ1) is 11.0. The van der Waals surface area contributed by atoms with Crippen molar-refractivity contribution in [3.63, 3.8) is 0 Å². The molecule has 0 amide bonds. The second kappa shape index (κ2) is 6.77. The van der Waals surface area contributed by atoms with E-state index in [0.717, 1.165) is 31.7 Å². The second-order valence-electron chi connectivity index (χ2n) is 6.66. The standard InChI is InChI=1S/C19H26N2O2/c1-15-8-9-18(23-15)19(2,22)14-20-16-10-12-21(13-11-16)17-6-4-3-5-7-17/h3-9,16,20,22H,10-14H2,1-2H3. The Labute approximate surface area is 138 Å². The van der Waals surface area contributed by atoms with Gasteiger partial charge in [-0.05, 0) is 51.0 Å². The lowest BCUT2D eigenvalue weighted by molar-refractivity contribution is 0.0300. The first-order valence-electron chi connectivity index (χ1n) is 8.37. The van der Waals surface area contributed by atoms with Crippen molar-refractivity contribution in [2.45, 2.75) is 38.3 Å². The topological polar surface area (TPSA) is 48.6 Å². The largest absolute Gasteiger partial charge is 0.463 e. The fourth-order valence-corrected chi connectivity index (χ4v) is 3.13. The van der Waals surface area contributed by atoms with E-state index in [1.165, 1.54) is 5.69 Å². The van der Waals surface area contributed by atoms with Gasteiger partial charge in [0.1, 0.15) is 17.1 Å². The van der Waals surface area contributed by atoms with Crippen LogP contribution in [0.3, 0.4) is 0 Å². The number of benzene rings is 1. The van der Waals surface area contributed by atoms with Crippen molar-refractivity contribution < 1.29 is 9.52 Å². The van der Waals surface area contributed by atoms with Gasteiger partial charge in [-0.3, -0.25) is 0 Å². The van der Waals surface area contributed by atoms with Crippen LogP contribution in [0.15, 0.2) is 46.9 Å². The third-order valence-corrected chi connectivity index (χ3v) is 4.62. The number of rotatable bonds is 5. The lowest BCUT2D eigenvalue weighted by Gasteiger charge is -2.35. The van der Waals surface area contributed by atoms with Crippen LogP contribution in [0.25, 0.3) is 0 Å². The molecule has 2 heterocycles. The van der Waals surface area contributed by atoms with Crippen molar-refractivity contribution in [1.82, 2.24) is 5.32 Å². The molecule has 1 fully saturated rings. The van der Waals surface area contributed by atoms with Gasteiger partial charge in [0.05, 0.1) is 0 Å². The van der Waals surface area contributed by atoms with E-state index in [-0.39, 0.29) is 0 Å². The molecule has 4 nitrogen and oxygen atoms in total. The smallest absolute Gasteiger partial charge is 0.136 e. The summed E-state index contributed by atoms with van der Waals surface area (Å²) in [5.74, 6) is 1.46. The van der Waals surface area contributed by atoms with Gasteiger partial charge in [-0.2, -0.15) is 0 Å². The van der Waals surface area contributed by atoms with Crippen molar-refractivity contribution in [2.24, 2.45) is 0 Å². The van der Waals surface area contributed by atoms with E-state index in [9.17, 15) is 5.11 Å². The number of furan rings is 1. The van der Waals surface area contributed by atoms with Crippen LogP contribution >= 0.6 is 0 Å². The van der Waals surface area contributed by atoms with E-state index in [0.29, 0.717) is 18.3 Å². The third-order valence-electron chi connectivity index (χ3n) is 4.62. The molecular formula is C19H26N2O2. The maximum absolute atomic E-state index is 10.6. The van der Waals surface area contributed by atoms with Crippen LogP contribution in [0, 0.1) is 6.92 Å². The molecule has 3 rings (SSSR count). The molecule has 0 radical (unpaired) electrons. The number of hydrogen-bond acceptors (Lipinski definition) is 4. The van der Waals surface area contributed by atoms with Gasteiger partial charge in [0.15, 0.2) is 0 Å². The zero-order chi connectivity index (χ0) is 16.3. The maximum atomic E-state index is 10.6. The van der Waals surface area contributed by atoms with Crippen molar-refractivity contribution in [1.29, 1.82) is 0 Å². The zero-order valence-electron chi connectivity index (χ0n) is 14.0. The molecule has 1 unspecified atom stereocenters. The molecule has 1 aromatic carbocycles. The summed E-state index contributed by atoms with van der Waals surface area (Å²) in [6.45, 7) is 6.30. The number of aliphatic hydroxyl groups is 1. The number of para-hydroxylation sites is 1. The van der Waals surface area contributed by atoms with Crippen LogP contribution in [0.1, 0.15) is 31.3 Å². The molecule has 0 saturated carbocycles. The molecule has 2 N–H and O–H groups in total. The summed E-state index contributed by atoms with van der Waals surface area (Å²) < 4.78 is 5.56. The minimum absolute atomic E-state index is 0.442. The Morgan fingerprint density at radius 1 is 1.17 bits per heavy atom. The highest BCUT2D eigenvalue weighted by atomic mass is 16.4. The van der Waals surface area contributed by atoms with Crippen molar-refractivity contribution in [2.75, 3.05) is 24.5 Å². The van der Waals surface area contributed by atoms with Gasteiger partial charge in [0, 0.05) is 31.4 Å². The molecule has 1 aromatic heterocycles. The van der Waals surface area contributed by atoms with E-state index in [1.807, 2.05) is 19.1 Å². The lowest BCUT2D eigenvalue weighted by atomic mass is 10.00. The summed E-state index contributed by atoms with van der Waals surface area (Å²) in [7, 11) is 0. The molecule has 0 aliphatic carbocycles. The van der Waals surface area contributed by atoms with E-state index >= 15 is 0 Å². The lowest BCUT2D eigenvalue weighted by Crippen LogP contribution is -2.46. The third kappa shape index (κ3) is 3.95. The number of nitrogens with zero attached hydrogens (tertiary/aromatic N) is 1. The molecular weight excluding hydrogens is 288 g/mol. The molecule has 0 bridgehead atoms. The fourth-order valence-electron chi connectivity index (χ4n) is 3.13. The van der Waals surface area contributed by atoms with Crippen LogP contribution in [0.2, 0.25) is 0 Å². The highest BCUT2D eigenvalue weighted by Crippen LogP contribution is 2.24. The number of hydrogen-bond donors (Lipinski definition) is 2. The van der Waals surface area contributed by atoms with Crippen LogP contribution in [0.5, 0.6) is 0 Å². The minimum Gasteiger partial charge on any atom is -0.463 e. The molecule has 1 aliphatic rings. The van der Waals surface area contributed by atoms with E-state index in [4.69, 9.17) is 4.42 Å². The molecule has 1 atom stereocenters. The molecule has 124 valence electrons. The quantitative estimate of drug-likeness (QED) is 0.890. The first kappa shape index (κ1) is 16.1. The molecule has 1 saturated heterocycles. The van der Waals surface area contributed by atoms with Gasteiger partial charge >= 0.3 is 0 Å². The molecule has 2 aromatic rings. The van der Waals surface area contributed by atoms with Crippen molar-refractivity contribution >= 4 is 5.69 Å². The minimum atomic E-state index is -0.967. The highest BCUT2D eigenvalue weighted by molar-refractivity contribution is 5.46. The molecule has 4 heteroatoms. The van der Waals surface area contributed by atoms with Gasteiger partial charge < -0.3 is 19.7 Å². The van der Waals surface area contributed by atoms with Gasteiger partial charge in [-0.25, -0.2) is 0 Å². The van der Waals surface area contributed by atoms with Crippen LogP contribution in [0.4, 0.5) is 5.69 Å². The number of nitrogens with one attached hydrogen (secondary N) is 1. The van der Waals surface area contributed by atoms with E-state index in [2.05, 4.69) is 40.5 Å². The van der Waals surface area contributed by atoms with E-state index in [1.54, 1.807) is 6.92 Å². The summed E-state index contributed by atoms with van der Waals surface area (Å²) in [6.07, 6.45) is 2.17. The van der Waals surface area contributed by atoms with Crippen LogP contribution in [-0.2, 0) is 5.60 Å². The first-order valence-corrected chi connectivity index (χ1v) is 8.37. The van der Waals surface area contributed by atoms with Gasteiger partial charge in [0.25, 0.3) is 0 Å². The Morgan fingerprint density at radius 2 is 1.87 bits per heavy atom. The number of anilines is 1. The normalized spacial score (nSPS) is 18.8. The van der Waals surface area contributed by atoms with Crippen LogP contribution < -0.4 is 10.2 Å². The summed E-state index contributed by atoms with van der Waals surface area (Å²) >= 11 is 0. The average molecular weight is 314 g/mol. The monoisotopic (exact) mass is 314 g/mol. The Kier molecular flexibility index (Phi) is 4.74. The van der Waals surface area contributed by atoms with Crippen molar-refractivity contribution in [3.05, 3.63) is 54.0 Å². The highest BCUT2D eigenvalue weighted by Gasteiger charge is 2.28. The predicted octanol–water partition coefficient (Wildman–Crippen LogP) is 3.05.